The smallest absolute Gasteiger partial charge is 0.173 e. The number of ether oxygens (including phenoxy) is 1. The summed E-state index contributed by atoms with van der Waals surface area (Å²) in [5, 5.41) is 0. The number of Topliss-reactive ketones (excluding diaryl/α,β-unsaturated/α-hetero) is 1. The molecule has 2 aromatic heterocycles. The van der Waals surface area contributed by atoms with E-state index in [9.17, 15) is 4.79 Å². The average molecular weight is 466 g/mol. The van der Waals surface area contributed by atoms with Gasteiger partial charge in [0.1, 0.15) is 11.4 Å². The van der Waals surface area contributed by atoms with Gasteiger partial charge >= 0.3 is 0 Å². The van der Waals surface area contributed by atoms with E-state index < -0.39 is 5.67 Å². The summed E-state index contributed by atoms with van der Waals surface area (Å²) in [6.07, 6.45) is 8.02. The van der Waals surface area contributed by atoms with Gasteiger partial charge in [-0.05, 0) is 68.1 Å². The van der Waals surface area contributed by atoms with Gasteiger partial charge in [0.2, 0.25) is 0 Å². The molecule has 5 rings (SSSR count). The molecule has 0 radical (unpaired) electrons. The lowest BCUT2D eigenvalue weighted by atomic mass is 9.81. The second-order valence-electron chi connectivity index (χ2n) is 9.90. The summed E-state index contributed by atoms with van der Waals surface area (Å²) in [5.74, 6) is 1.60. The molecule has 1 aliphatic carbocycles. The Morgan fingerprint density at radius 1 is 1.21 bits per heavy atom. The summed E-state index contributed by atoms with van der Waals surface area (Å²) in [5.41, 5.74) is 2.47. The molecule has 1 unspecified atom stereocenters. The molecule has 174 valence electrons. The molecule has 1 saturated carbocycles. The number of hydrogen-bond donors (Lipinski definition) is 0. The largest absolute Gasteiger partial charge is 0.493 e. The lowest BCUT2D eigenvalue weighted by Crippen LogP contribution is -2.23. The van der Waals surface area contributed by atoms with Gasteiger partial charge in [-0.3, -0.25) is 9.78 Å². The van der Waals surface area contributed by atoms with E-state index in [0.29, 0.717) is 31.8 Å². The SMILES string of the molecule is CC(C)c1c(C(=O)CCC2CCOc3ccccc32)sc2c(C3(F)CCCCC3)ccnc12. The van der Waals surface area contributed by atoms with E-state index >= 15 is 4.39 Å². The maximum Gasteiger partial charge on any atom is 0.173 e. The lowest BCUT2D eigenvalue weighted by molar-refractivity contribution is 0.0977. The van der Waals surface area contributed by atoms with Gasteiger partial charge in [0.05, 0.1) is 21.7 Å². The average Bonchev–Trinajstić information content (AvgIpc) is 3.23. The third-order valence-corrected chi connectivity index (χ3v) is 8.64. The molecule has 1 atom stereocenters. The van der Waals surface area contributed by atoms with Crippen LogP contribution in [-0.4, -0.2) is 17.4 Å². The Morgan fingerprint density at radius 2 is 2.00 bits per heavy atom. The van der Waals surface area contributed by atoms with Crippen LogP contribution in [0.5, 0.6) is 5.75 Å². The van der Waals surface area contributed by atoms with Gasteiger partial charge in [-0.2, -0.15) is 0 Å². The van der Waals surface area contributed by atoms with Crippen LogP contribution in [0.3, 0.4) is 0 Å². The Bertz CT molecular complexity index is 1160. The minimum atomic E-state index is -1.30. The van der Waals surface area contributed by atoms with Crippen LogP contribution < -0.4 is 4.74 Å². The molecule has 1 aromatic carbocycles. The molecule has 2 aliphatic rings. The second kappa shape index (κ2) is 9.17. The van der Waals surface area contributed by atoms with Crippen molar-refractivity contribution >= 4 is 27.3 Å². The maximum absolute atomic E-state index is 16.0. The summed E-state index contributed by atoms with van der Waals surface area (Å²) in [4.78, 5) is 18.9. The molecular formula is C28H32FNO2S. The van der Waals surface area contributed by atoms with Gasteiger partial charge in [0.15, 0.2) is 5.78 Å². The third-order valence-electron chi connectivity index (χ3n) is 7.37. The van der Waals surface area contributed by atoms with Crippen LogP contribution in [0.1, 0.15) is 103 Å². The van der Waals surface area contributed by atoms with Gasteiger partial charge in [0.25, 0.3) is 0 Å². The van der Waals surface area contributed by atoms with Crippen LogP contribution in [0.4, 0.5) is 4.39 Å². The molecule has 3 heterocycles. The molecule has 1 aliphatic heterocycles. The zero-order valence-corrected chi connectivity index (χ0v) is 20.3. The molecule has 0 bridgehead atoms. The Labute approximate surface area is 199 Å². The standard InChI is InChI=1S/C28H32FNO2S/c1-18(2)24-25-26(21(12-16-30-25)28(29)14-6-3-7-15-28)33-27(24)22(31)11-10-19-13-17-32-23-9-5-4-8-20(19)23/h4-5,8-9,12,16,18-19H,3,6-7,10-11,13-15,17H2,1-2H3. The number of benzene rings is 1. The molecular weight excluding hydrogens is 433 g/mol. The second-order valence-corrected chi connectivity index (χ2v) is 10.9. The van der Waals surface area contributed by atoms with E-state index in [2.05, 4.69) is 24.9 Å². The zero-order chi connectivity index (χ0) is 23.0. The highest BCUT2D eigenvalue weighted by molar-refractivity contribution is 7.21. The Morgan fingerprint density at radius 3 is 2.79 bits per heavy atom. The molecule has 5 heteroatoms. The first-order valence-electron chi connectivity index (χ1n) is 12.3. The predicted octanol–water partition coefficient (Wildman–Crippen LogP) is 8.08. The van der Waals surface area contributed by atoms with E-state index in [4.69, 9.17) is 4.74 Å². The first-order chi connectivity index (χ1) is 16.0. The minimum Gasteiger partial charge on any atom is -0.493 e. The number of aromatic nitrogens is 1. The predicted molar refractivity (Wildman–Crippen MR) is 132 cm³/mol. The zero-order valence-electron chi connectivity index (χ0n) is 19.5. The van der Waals surface area contributed by atoms with Crippen molar-refractivity contribution < 1.29 is 13.9 Å². The number of carbonyl (C=O) groups excluding carboxylic acids is 1. The van der Waals surface area contributed by atoms with Crippen LogP contribution in [0.25, 0.3) is 10.2 Å². The molecule has 3 aromatic rings. The van der Waals surface area contributed by atoms with Gasteiger partial charge in [0, 0.05) is 23.7 Å². The van der Waals surface area contributed by atoms with Crippen molar-refractivity contribution in [3.05, 3.63) is 58.1 Å². The molecule has 33 heavy (non-hydrogen) atoms. The number of ketones is 1. The number of fused-ring (bicyclic) bond motifs is 2. The Kier molecular flexibility index (Phi) is 6.26. The molecule has 0 spiro atoms. The van der Waals surface area contributed by atoms with Crippen LogP contribution in [0.2, 0.25) is 0 Å². The number of halogens is 1. The van der Waals surface area contributed by atoms with Crippen molar-refractivity contribution in [3.63, 3.8) is 0 Å². The van der Waals surface area contributed by atoms with Crippen molar-refractivity contribution in [2.45, 2.75) is 82.7 Å². The van der Waals surface area contributed by atoms with Crippen LogP contribution in [0, 0.1) is 0 Å². The highest BCUT2D eigenvalue weighted by atomic mass is 32.1. The minimum absolute atomic E-state index is 0.158. The number of alkyl halides is 1. The van der Waals surface area contributed by atoms with Gasteiger partial charge in [-0.25, -0.2) is 4.39 Å². The maximum atomic E-state index is 16.0. The summed E-state index contributed by atoms with van der Waals surface area (Å²) in [7, 11) is 0. The normalized spacial score (nSPS) is 19.9. The number of hydrogen-bond acceptors (Lipinski definition) is 4. The summed E-state index contributed by atoms with van der Waals surface area (Å²) in [6, 6.07) is 10.0. The number of pyridine rings is 1. The quantitative estimate of drug-likeness (QED) is 0.345. The number of carbonyl (C=O) groups is 1. The highest BCUT2D eigenvalue weighted by Crippen LogP contribution is 2.47. The van der Waals surface area contributed by atoms with E-state index in [-0.39, 0.29) is 11.7 Å². The Balaban J connectivity index is 1.46. The summed E-state index contributed by atoms with van der Waals surface area (Å²) >= 11 is 1.47. The molecule has 0 saturated heterocycles. The van der Waals surface area contributed by atoms with Crippen molar-refractivity contribution in [2.75, 3.05) is 6.61 Å². The van der Waals surface area contributed by atoms with Crippen LogP contribution in [0.15, 0.2) is 36.5 Å². The fraction of sp³-hybridized carbons (Fsp3) is 0.500. The number of para-hydroxylation sites is 1. The van der Waals surface area contributed by atoms with Crippen molar-refractivity contribution in [2.24, 2.45) is 0 Å². The van der Waals surface area contributed by atoms with Gasteiger partial charge in [-0.15, -0.1) is 11.3 Å². The number of nitrogens with zero attached hydrogens (tertiary/aromatic N) is 1. The molecule has 0 amide bonds. The number of thiophene rings is 1. The van der Waals surface area contributed by atoms with Crippen molar-refractivity contribution in [1.82, 2.24) is 4.98 Å². The van der Waals surface area contributed by atoms with E-state index in [0.717, 1.165) is 64.1 Å². The fourth-order valence-corrected chi connectivity index (χ4v) is 7.10. The van der Waals surface area contributed by atoms with Crippen molar-refractivity contribution in [3.8, 4) is 5.75 Å². The lowest BCUT2D eigenvalue weighted by Gasteiger charge is -2.30. The van der Waals surface area contributed by atoms with E-state index in [1.54, 1.807) is 6.20 Å². The monoisotopic (exact) mass is 465 g/mol. The number of rotatable bonds is 6. The fourth-order valence-electron chi connectivity index (χ4n) is 5.62. The Hall–Kier alpha value is -2.27. The van der Waals surface area contributed by atoms with Crippen molar-refractivity contribution in [1.29, 1.82) is 0 Å². The molecule has 3 nitrogen and oxygen atoms in total. The first-order valence-corrected chi connectivity index (χ1v) is 13.2. The highest BCUT2D eigenvalue weighted by Gasteiger charge is 2.37. The molecule has 0 N–H and O–H groups in total. The molecule has 1 fully saturated rings. The van der Waals surface area contributed by atoms with E-state index in [1.807, 2.05) is 24.3 Å². The van der Waals surface area contributed by atoms with Crippen LogP contribution >= 0.6 is 11.3 Å². The summed E-state index contributed by atoms with van der Waals surface area (Å²) < 4.78 is 22.7. The summed E-state index contributed by atoms with van der Waals surface area (Å²) in [6.45, 7) is 4.90. The van der Waals surface area contributed by atoms with Crippen LogP contribution in [-0.2, 0) is 5.67 Å². The first kappa shape index (κ1) is 22.5. The topological polar surface area (TPSA) is 39.2 Å². The third kappa shape index (κ3) is 4.21. The van der Waals surface area contributed by atoms with Gasteiger partial charge < -0.3 is 4.74 Å². The van der Waals surface area contributed by atoms with Gasteiger partial charge in [-0.1, -0.05) is 38.5 Å². The van der Waals surface area contributed by atoms with E-state index in [1.165, 1.54) is 16.9 Å².